The van der Waals surface area contributed by atoms with Gasteiger partial charge in [0.05, 0.1) is 19.8 Å². The van der Waals surface area contributed by atoms with Gasteiger partial charge in [0.25, 0.3) is 0 Å². The van der Waals surface area contributed by atoms with Gasteiger partial charge in [0.2, 0.25) is 0 Å². The summed E-state index contributed by atoms with van der Waals surface area (Å²) in [4.78, 5) is 39.6. The third-order valence-electron chi connectivity index (χ3n) is 5.04. The summed E-state index contributed by atoms with van der Waals surface area (Å²) in [6.45, 7) is 1.84. The zero-order valence-corrected chi connectivity index (χ0v) is 18.0. The predicted molar refractivity (Wildman–Crippen MR) is 121 cm³/mol. The Kier molecular flexibility index (Phi) is 7.75. The SMILES string of the molecule is CCOC(=O)N[C@@H](c1ccc(OC)cc1)C(C(=O)c1ccccc1)C(=O)c1ccccc1. The van der Waals surface area contributed by atoms with E-state index < -0.39 is 29.6 Å². The van der Waals surface area contributed by atoms with Gasteiger partial charge in [-0.2, -0.15) is 0 Å². The Morgan fingerprint density at radius 2 is 1.28 bits per heavy atom. The lowest BCUT2D eigenvalue weighted by Gasteiger charge is -2.27. The Labute approximate surface area is 187 Å². The quantitative estimate of drug-likeness (QED) is 0.386. The molecule has 0 aliphatic rings. The number of ketones is 2. The highest BCUT2D eigenvalue weighted by atomic mass is 16.5. The van der Waals surface area contributed by atoms with Gasteiger partial charge in [-0.1, -0.05) is 72.8 Å². The molecular formula is C26H25NO5. The van der Waals surface area contributed by atoms with Crippen molar-refractivity contribution in [3.63, 3.8) is 0 Å². The summed E-state index contributed by atoms with van der Waals surface area (Å²) in [7, 11) is 1.55. The third kappa shape index (κ3) is 5.40. The smallest absolute Gasteiger partial charge is 0.407 e. The fraction of sp³-hybridized carbons (Fsp3) is 0.192. The predicted octanol–water partition coefficient (Wildman–Crippen LogP) is 4.86. The zero-order chi connectivity index (χ0) is 22.9. The van der Waals surface area contributed by atoms with E-state index in [4.69, 9.17) is 9.47 Å². The number of hydrogen-bond acceptors (Lipinski definition) is 5. The van der Waals surface area contributed by atoms with Crippen LogP contribution in [0.5, 0.6) is 5.75 Å². The molecule has 3 aromatic rings. The average Bonchev–Trinajstić information content (AvgIpc) is 2.84. The van der Waals surface area contributed by atoms with Crippen molar-refractivity contribution in [2.24, 2.45) is 5.92 Å². The molecule has 0 spiro atoms. The number of hydrogen-bond donors (Lipinski definition) is 1. The van der Waals surface area contributed by atoms with Crippen molar-refractivity contribution in [1.29, 1.82) is 0 Å². The van der Waals surface area contributed by atoms with Crippen LogP contribution in [0.25, 0.3) is 0 Å². The van der Waals surface area contributed by atoms with E-state index in [1.54, 1.807) is 99.0 Å². The van der Waals surface area contributed by atoms with Crippen LogP contribution in [0.4, 0.5) is 4.79 Å². The van der Waals surface area contributed by atoms with E-state index in [0.717, 1.165) is 0 Å². The minimum absolute atomic E-state index is 0.158. The van der Waals surface area contributed by atoms with Crippen LogP contribution in [0.15, 0.2) is 84.9 Å². The van der Waals surface area contributed by atoms with E-state index in [-0.39, 0.29) is 6.61 Å². The molecule has 0 saturated carbocycles. The first-order chi connectivity index (χ1) is 15.5. The molecular weight excluding hydrogens is 406 g/mol. The number of methoxy groups -OCH3 is 1. The lowest BCUT2D eigenvalue weighted by atomic mass is 9.81. The van der Waals surface area contributed by atoms with E-state index in [9.17, 15) is 14.4 Å². The van der Waals surface area contributed by atoms with Crippen molar-refractivity contribution in [3.8, 4) is 5.75 Å². The molecule has 3 rings (SSSR count). The van der Waals surface area contributed by atoms with E-state index in [1.165, 1.54) is 0 Å². The molecule has 0 aliphatic carbocycles. The first-order valence-corrected chi connectivity index (χ1v) is 10.3. The van der Waals surface area contributed by atoms with Gasteiger partial charge < -0.3 is 14.8 Å². The molecule has 0 radical (unpaired) electrons. The van der Waals surface area contributed by atoms with E-state index in [1.807, 2.05) is 0 Å². The van der Waals surface area contributed by atoms with Crippen molar-refractivity contribution in [3.05, 3.63) is 102 Å². The highest BCUT2D eigenvalue weighted by Gasteiger charge is 2.38. The van der Waals surface area contributed by atoms with E-state index in [2.05, 4.69) is 5.32 Å². The molecule has 32 heavy (non-hydrogen) atoms. The van der Waals surface area contributed by atoms with Crippen LogP contribution >= 0.6 is 0 Å². The summed E-state index contributed by atoms with van der Waals surface area (Å²) < 4.78 is 10.3. The van der Waals surface area contributed by atoms with Gasteiger partial charge in [-0.25, -0.2) is 4.79 Å². The van der Waals surface area contributed by atoms with Crippen molar-refractivity contribution < 1.29 is 23.9 Å². The molecule has 0 fully saturated rings. The van der Waals surface area contributed by atoms with E-state index >= 15 is 0 Å². The number of carbonyl (C=O) groups excluding carboxylic acids is 3. The largest absolute Gasteiger partial charge is 0.497 e. The van der Waals surface area contributed by atoms with Gasteiger partial charge in [0.15, 0.2) is 11.6 Å². The molecule has 164 valence electrons. The number of Topliss-reactive ketones (excluding diaryl/α,β-unsaturated/α-hetero) is 2. The van der Waals surface area contributed by atoms with Crippen molar-refractivity contribution >= 4 is 17.7 Å². The van der Waals surface area contributed by atoms with E-state index in [0.29, 0.717) is 22.4 Å². The molecule has 6 nitrogen and oxygen atoms in total. The van der Waals surface area contributed by atoms with Crippen LogP contribution in [-0.2, 0) is 4.74 Å². The second-order valence-corrected chi connectivity index (χ2v) is 7.05. The first kappa shape index (κ1) is 22.7. The van der Waals surface area contributed by atoms with Crippen LogP contribution in [0, 0.1) is 5.92 Å². The molecule has 0 saturated heterocycles. The topological polar surface area (TPSA) is 81.7 Å². The van der Waals surface area contributed by atoms with Crippen molar-refractivity contribution in [1.82, 2.24) is 5.32 Å². The van der Waals surface area contributed by atoms with Crippen LogP contribution in [0.1, 0.15) is 39.2 Å². The molecule has 6 heteroatoms. The monoisotopic (exact) mass is 431 g/mol. The Morgan fingerprint density at radius 3 is 1.72 bits per heavy atom. The average molecular weight is 431 g/mol. The molecule has 3 aromatic carbocycles. The second kappa shape index (κ2) is 10.9. The van der Waals surface area contributed by atoms with Crippen LogP contribution in [0.2, 0.25) is 0 Å². The lowest BCUT2D eigenvalue weighted by Crippen LogP contribution is -2.41. The Hall–Kier alpha value is -3.93. The molecule has 0 aliphatic heterocycles. The molecule has 0 aromatic heterocycles. The second-order valence-electron chi connectivity index (χ2n) is 7.05. The van der Waals surface area contributed by atoms with Gasteiger partial charge in [-0.3, -0.25) is 9.59 Å². The fourth-order valence-corrected chi connectivity index (χ4v) is 3.46. The van der Waals surface area contributed by atoms with Crippen LogP contribution in [-0.4, -0.2) is 31.4 Å². The zero-order valence-electron chi connectivity index (χ0n) is 18.0. The highest BCUT2D eigenvalue weighted by Crippen LogP contribution is 2.30. The van der Waals surface area contributed by atoms with Gasteiger partial charge in [0, 0.05) is 11.1 Å². The summed E-state index contributed by atoms with van der Waals surface area (Å²) in [5.41, 5.74) is 1.34. The number of amides is 1. The maximum atomic E-state index is 13.6. The maximum Gasteiger partial charge on any atom is 0.407 e. The molecule has 0 heterocycles. The van der Waals surface area contributed by atoms with Gasteiger partial charge in [-0.15, -0.1) is 0 Å². The number of rotatable bonds is 9. The summed E-state index contributed by atoms with van der Waals surface area (Å²) >= 11 is 0. The lowest BCUT2D eigenvalue weighted by molar-refractivity contribution is 0.0765. The maximum absolute atomic E-state index is 13.6. The molecule has 1 amide bonds. The number of alkyl carbamates (subject to hydrolysis) is 1. The van der Waals surface area contributed by atoms with Crippen LogP contribution in [0.3, 0.4) is 0 Å². The van der Waals surface area contributed by atoms with Gasteiger partial charge >= 0.3 is 6.09 Å². The Bertz CT molecular complexity index is 997. The third-order valence-corrected chi connectivity index (χ3v) is 5.04. The summed E-state index contributed by atoms with van der Waals surface area (Å²) in [5.74, 6) is -1.37. The Balaban J connectivity index is 2.11. The number of nitrogens with one attached hydrogen (secondary N) is 1. The summed E-state index contributed by atoms with van der Waals surface area (Å²) in [5, 5.41) is 2.73. The number of carbonyl (C=O) groups is 3. The van der Waals surface area contributed by atoms with Crippen LogP contribution < -0.4 is 10.1 Å². The first-order valence-electron chi connectivity index (χ1n) is 10.3. The van der Waals surface area contributed by atoms with Crippen molar-refractivity contribution in [2.75, 3.05) is 13.7 Å². The minimum Gasteiger partial charge on any atom is -0.497 e. The molecule has 1 N–H and O–H groups in total. The molecule has 0 unspecified atom stereocenters. The fourth-order valence-electron chi connectivity index (χ4n) is 3.46. The minimum atomic E-state index is -1.20. The number of ether oxygens (including phenoxy) is 2. The molecule has 0 bridgehead atoms. The normalized spacial score (nSPS) is 11.5. The van der Waals surface area contributed by atoms with Crippen molar-refractivity contribution in [2.45, 2.75) is 13.0 Å². The molecule has 1 atom stereocenters. The Morgan fingerprint density at radius 1 is 0.781 bits per heavy atom. The van der Waals surface area contributed by atoms with Gasteiger partial charge in [-0.05, 0) is 24.6 Å². The standard InChI is InChI=1S/C26H25NO5/c1-3-32-26(30)27-23(18-14-16-21(31-2)17-15-18)22(24(28)19-10-6-4-7-11-19)25(29)20-12-8-5-9-13-20/h4-17,22-23H,3H2,1-2H3,(H,27,30)/t23-/m0/s1. The summed E-state index contributed by atoms with van der Waals surface area (Å²) in [6, 6.07) is 23.1. The van der Waals surface area contributed by atoms with Gasteiger partial charge in [0.1, 0.15) is 11.7 Å². The highest BCUT2D eigenvalue weighted by molar-refractivity contribution is 6.16. The number of benzene rings is 3. The summed E-state index contributed by atoms with van der Waals surface area (Å²) in [6.07, 6.45) is -0.708.